The number of rotatable bonds is 16. The maximum absolute atomic E-state index is 15.2. The first-order valence-electron chi connectivity index (χ1n) is 24.9. The minimum absolute atomic E-state index is 0.00201. The number of phenolic OH excluding ortho intramolecular Hbond substituents is 2. The van der Waals surface area contributed by atoms with Gasteiger partial charge >= 0.3 is 0 Å². The van der Waals surface area contributed by atoms with Gasteiger partial charge in [0.2, 0.25) is 11.6 Å². The van der Waals surface area contributed by atoms with E-state index in [1.54, 1.807) is 30.3 Å². The van der Waals surface area contributed by atoms with Crippen LogP contribution >= 0.6 is 11.6 Å². The van der Waals surface area contributed by atoms with Crippen molar-refractivity contribution >= 4 is 45.9 Å². The van der Waals surface area contributed by atoms with E-state index in [4.69, 9.17) is 21.1 Å². The van der Waals surface area contributed by atoms with Crippen LogP contribution in [-0.2, 0) is 6.42 Å². The highest BCUT2D eigenvalue weighted by atomic mass is 35.5. The van der Waals surface area contributed by atoms with Crippen molar-refractivity contribution in [2.24, 2.45) is 11.8 Å². The van der Waals surface area contributed by atoms with Gasteiger partial charge in [0.1, 0.15) is 11.5 Å². The van der Waals surface area contributed by atoms with Gasteiger partial charge in [-0.1, -0.05) is 107 Å². The lowest BCUT2D eigenvalue weighted by molar-refractivity contribution is 0.0974. The second-order valence-electron chi connectivity index (χ2n) is 19.4. The fraction of sp³-hybridized carbons (Fsp3) is 0.356. The third-order valence-corrected chi connectivity index (χ3v) is 14.9. The number of hydrogen-bond donors (Lipinski definition) is 4. The Kier molecular flexibility index (Phi) is 14.4. The zero-order chi connectivity index (χ0) is 47.3. The van der Waals surface area contributed by atoms with Gasteiger partial charge in [-0.3, -0.25) is 9.59 Å². The van der Waals surface area contributed by atoms with Crippen LogP contribution in [0.15, 0.2) is 109 Å². The van der Waals surface area contributed by atoms with Crippen molar-refractivity contribution in [3.63, 3.8) is 0 Å². The summed E-state index contributed by atoms with van der Waals surface area (Å²) in [6.45, 7) is 6.72. The molecule has 352 valence electrons. The number of hydrogen-bond acceptors (Lipinski definition) is 8. The van der Waals surface area contributed by atoms with E-state index < -0.39 is 23.1 Å². The molecule has 9 heteroatoms. The normalized spacial score (nSPS) is 18.9. The van der Waals surface area contributed by atoms with Crippen LogP contribution in [0.25, 0.3) is 0 Å². The number of anilines is 4. The van der Waals surface area contributed by atoms with E-state index >= 15 is 9.59 Å². The molecular weight excluding hydrogens is 868 g/mol. The summed E-state index contributed by atoms with van der Waals surface area (Å²) < 4.78 is 12.8. The largest absolute Gasteiger partial charge is 0.504 e. The van der Waals surface area contributed by atoms with Crippen molar-refractivity contribution in [1.82, 2.24) is 0 Å². The van der Waals surface area contributed by atoms with Crippen molar-refractivity contribution in [3.05, 3.63) is 153 Å². The Balaban J connectivity index is 1.09. The molecule has 0 atom stereocenters. The standard InChI is InChI=1S/C59H63ClN2O6/c1-4-6-8-37-12-18-40(19-13-37)42-22-32-47(33-23-42)68-50-34-48(61-44-26-14-38(15-27-44)9-7-5-2)52-54(56(50)63)59(66)53-49(62-45-28-24-43(60)25-29-45)35-51(57(64)55(53)58(52)65)67-46-30-20-41(21-31-46)39-16-10-36(3)11-17-39/h14-15,20-37,39-40,61-64H,4-13,16-19H2,1-3H3. The van der Waals surface area contributed by atoms with Gasteiger partial charge in [0.15, 0.2) is 23.0 Å². The van der Waals surface area contributed by atoms with Crippen LogP contribution in [0.1, 0.15) is 165 Å². The number of halogens is 1. The lowest BCUT2D eigenvalue weighted by Gasteiger charge is -2.29. The number of fused-ring (bicyclic) bond motifs is 2. The molecule has 8 nitrogen and oxygen atoms in total. The molecule has 6 aromatic rings. The molecule has 0 radical (unpaired) electrons. The van der Waals surface area contributed by atoms with Gasteiger partial charge in [-0.15, -0.1) is 0 Å². The molecule has 4 N–H and O–H groups in total. The fourth-order valence-corrected chi connectivity index (χ4v) is 10.7. The summed E-state index contributed by atoms with van der Waals surface area (Å²) in [6.07, 6.45) is 16.4. The van der Waals surface area contributed by atoms with E-state index in [0.29, 0.717) is 39.7 Å². The van der Waals surface area contributed by atoms with Crippen LogP contribution in [0.3, 0.4) is 0 Å². The van der Waals surface area contributed by atoms with Crippen LogP contribution in [0.2, 0.25) is 5.02 Å². The Morgan fingerprint density at radius 1 is 0.559 bits per heavy atom. The maximum atomic E-state index is 15.2. The SMILES string of the molecule is CCCCc1ccc(Nc2cc(Oc3ccc(C4CCC(CCCC)CC4)cc3)c(O)c3c2C(=O)c2c(O)c(Oc4ccc(C5CCC(C)CC5)cc4)cc(Nc4ccc(Cl)cc4)c2C3=O)cc1. The van der Waals surface area contributed by atoms with E-state index in [2.05, 4.69) is 55.7 Å². The van der Waals surface area contributed by atoms with E-state index in [9.17, 15) is 10.2 Å². The molecule has 3 aliphatic rings. The van der Waals surface area contributed by atoms with Crippen LogP contribution in [0.4, 0.5) is 22.7 Å². The Labute approximate surface area is 406 Å². The Hall–Kier alpha value is -6.25. The van der Waals surface area contributed by atoms with Crippen LogP contribution in [0, 0.1) is 11.8 Å². The fourth-order valence-electron chi connectivity index (χ4n) is 10.5. The van der Waals surface area contributed by atoms with Gasteiger partial charge in [-0.25, -0.2) is 0 Å². The molecule has 0 unspecified atom stereocenters. The molecule has 68 heavy (non-hydrogen) atoms. The first-order valence-corrected chi connectivity index (χ1v) is 25.3. The van der Waals surface area contributed by atoms with Crippen LogP contribution in [0.5, 0.6) is 34.5 Å². The topological polar surface area (TPSA) is 117 Å². The number of ketones is 2. The smallest absolute Gasteiger partial charge is 0.200 e. The second kappa shape index (κ2) is 20.9. The minimum Gasteiger partial charge on any atom is -0.504 e. The summed E-state index contributed by atoms with van der Waals surface area (Å²) in [7, 11) is 0. The molecule has 2 fully saturated rings. The molecule has 0 amide bonds. The number of ether oxygens (including phenoxy) is 2. The van der Waals surface area contributed by atoms with Crippen molar-refractivity contribution < 1.29 is 29.3 Å². The lowest BCUT2D eigenvalue weighted by Crippen LogP contribution is -2.24. The van der Waals surface area contributed by atoms with Gasteiger partial charge in [0, 0.05) is 28.5 Å². The Bertz CT molecular complexity index is 2730. The Morgan fingerprint density at radius 2 is 1.00 bits per heavy atom. The van der Waals surface area contributed by atoms with E-state index in [1.807, 2.05) is 48.5 Å². The van der Waals surface area contributed by atoms with Gasteiger partial charge in [0.05, 0.1) is 33.6 Å². The number of phenols is 2. The first kappa shape index (κ1) is 46.8. The monoisotopic (exact) mass is 930 g/mol. The number of carbonyl (C=O) groups is 2. The van der Waals surface area contributed by atoms with Gasteiger partial charge in [-0.2, -0.15) is 0 Å². The number of nitrogens with one attached hydrogen (secondary N) is 2. The van der Waals surface area contributed by atoms with E-state index in [1.165, 1.54) is 67.7 Å². The summed E-state index contributed by atoms with van der Waals surface area (Å²) in [4.78, 5) is 30.4. The van der Waals surface area contributed by atoms with Crippen LogP contribution < -0.4 is 20.1 Å². The van der Waals surface area contributed by atoms with Gasteiger partial charge < -0.3 is 30.3 Å². The third-order valence-electron chi connectivity index (χ3n) is 14.6. The molecule has 0 saturated heterocycles. The molecule has 6 aromatic carbocycles. The molecule has 9 rings (SSSR count). The minimum atomic E-state index is -0.676. The van der Waals surface area contributed by atoms with Crippen LogP contribution in [-0.4, -0.2) is 21.8 Å². The molecule has 0 spiro atoms. The summed E-state index contributed by atoms with van der Waals surface area (Å²) in [5.41, 5.74) is 4.67. The van der Waals surface area contributed by atoms with E-state index in [0.717, 1.165) is 56.8 Å². The molecule has 0 aromatic heterocycles. The highest BCUT2D eigenvalue weighted by Crippen LogP contribution is 2.51. The zero-order valence-corrected chi connectivity index (χ0v) is 40.3. The molecule has 0 heterocycles. The summed E-state index contributed by atoms with van der Waals surface area (Å²) in [6, 6.07) is 33.8. The van der Waals surface area contributed by atoms with Crippen molar-refractivity contribution in [2.45, 2.75) is 122 Å². The highest BCUT2D eigenvalue weighted by Gasteiger charge is 2.41. The van der Waals surface area contributed by atoms with Gasteiger partial charge in [-0.05, 0) is 152 Å². The predicted molar refractivity (Wildman–Crippen MR) is 274 cm³/mol. The van der Waals surface area contributed by atoms with Gasteiger partial charge in [0.25, 0.3) is 0 Å². The first-order chi connectivity index (χ1) is 33.1. The third kappa shape index (κ3) is 10.3. The average molecular weight is 932 g/mol. The van der Waals surface area contributed by atoms with Crippen molar-refractivity contribution in [3.8, 4) is 34.5 Å². The molecule has 2 saturated carbocycles. The molecule has 3 aliphatic carbocycles. The number of unbranched alkanes of at least 4 members (excludes halogenated alkanes) is 2. The number of aromatic hydroxyl groups is 2. The summed E-state index contributed by atoms with van der Waals surface area (Å²) in [5, 5.41) is 31.5. The van der Waals surface area contributed by atoms with E-state index in [-0.39, 0.29) is 45.1 Å². The summed E-state index contributed by atoms with van der Waals surface area (Å²) >= 11 is 6.26. The number of aryl methyl sites for hydroxylation is 1. The Morgan fingerprint density at radius 3 is 1.46 bits per heavy atom. The number of benzene rings is 6. The number of carbonyl (C=O) groups excluding carboxylic acids is 2. The maximum Gasteiger partial charge on any atom is 0.200 e. The zero-order valence-electron chi connectivity index (χ0n) is 39.5. The predicted octanol–water partition coefficient (Wildman–Crippen LogP) is 16.7. The molecule has 0 aliphatic heterocycles. The summed E-state index contributed by atoms with van der Waals surface area (Å²) in [5.74, 6) is 1.13. The molecular formula is C59H63ClN2O6. The average Bonchev–Trinajstić information content (AvgIpc) is 3.35. The lowest BCUT2D eigenvalue weighted by atomic mass is 9.77. The van der Waals surface area contributed by atoms with Crippen molar-refractivity contribution in [1.29, 1.82) is 0 Å². The molecule has 0 bridgehead atoms. The second-order valence-corrected chi connectivity index (χ2v) is 19.9. The van der Waals surface area contributed by atoms with Crippen molar-refractivity contribution in [2.75, 3.05) is 10.6 Å². The highest BCUT2D eigenvalue weighted by molar-refractivity contribution is 6.34. The quantitative estimate of drug-likeness (QED) is 0.0708.